The summed E-state index contributed by atoms with van der Waals surface area (Å²) in [6.45, 7) is 0.649. The summed E-state index contributed by atoms with van der Waals surface area (Å²) in [4.78, 5) is 9.83. The van der Waals surface area contributed by atoms with Gasteiger partial charge in [0, 0.05) is 44.0 Å². The fourth-order valence-corrected chi connectivity index (χ4v) is 6.99. The second-order valence-electron chi connectivity index (χ2n) is 8.72. The largest absolute Gasteiger partial charge is 0.416 e. The van der Waals surface area contributed by atoms with Crippen LogP contribution < -0.4 is 9.62 Å². The quantitative estimate of drug-likeness (QED) is 0.369. The maximum absolute atomic E-state index is 13.5. The van der Waals surface area contributed by atoms with Gasteiger partial charge < -0.3 is 4.90 Å². The highest BCUT2D eigenvalue weighted by atomic mass is 32.2. The summed E-state index contributed by atoms with van der Waals surface area (Å²) in [5.74, 6) is 0.0537. The fourth-order valence-electron chi connectivity index (χ4n) is 4.34. The van der Waals surface area contributed by atoms with Crippen LogP contribution in [0.3, 0.4) is 0 Å². The van der Waals surface area contributed by atoms with Crippen LogP contribution in [0.25, 0.3) is 10.8 Å². The van der Waals surface area contributed by atoms with E-state index in [4.69, 9.17) is 0 Å². The molecule has 2 heterocycles. The lowest BCUT2D eigenvalue weighted by Crippen LogP contribution is -2.49. The molecule has 0 radical (unpaired) electrons. The fraction of sp³-hybridized carbons (Fsp3) is 0.200. The van der Waals surface area contributed by atoms with Crippen LogP contribution in [-0.2, 0) is 26.2 Å². The Labute approximate surface area is 223 Å². The van der Waals surface area contributed by atoms with E-state index < -0.39 is 31.8 Å². The number of hydrogen-bond donors (Lipinski definition) is 1. The van der Waals surface area contributed by atoms with Crippen molar-refractivity contribution in [3.63, 3.8) is 0 Å². The molecule has 3 aromatic carbocycles. The van der Waals surface area contributed by atoms with Gasteiger partial charge in [-0.25, -0.2) is 26.8 Å². The van der Waals surface area contributed by atoms with E-state index in [0.29, 0.717) is 17.5 Å². The summed E-state index contributed by atoms with van der Waals surface area (Å²) in [5.41, 5.74) is -0.974. The maximum atomic E-state index is 13.5. The van der Waals surface area contributed by atoms with Crippen molar-refractivity contribution in [2.45, 2.75) is 16.0 Å². The van der Waals surface area contributed by atoms with Gasteiger partial charge in [0.05, 0.1) is 15.4 Å². The molecule has 39 heavy (non-hydrogen) atoms. The molecule has 0 aliphatic carbocycles. The van der Waals surface area contributed by atoms with Gasteiger partial charge in [-0.2, -0.15) is 17.5 Å². The highest BCUT2D eigenvalue weighted by Crippen LogP contribution is 2.31. The van der Waals surface area contributed by atoms with Gasteiger partial charge in [-0.05, 0) is 35.7 Å². The van der Waals surface area contributed by atoms with E-state index >= 15 is 0 Å². The van der Waals surface area contributed by atoms with Gasteiger partial charge >= 0.3 is 6.18 Å². The van der Waals surface area contributed by atoms with E-state index in [1.54, 1.807) is 29.2 Å². The van der Waals surface area contributed by atoms with Gasteiger partial charge in [-0.1, -0.05) is 36.4 Å². The van der Waals surface area contributed by atoms with Crippen molar-refractivity contribution >= 4 is 42.5 Å². The first-order valence-electron chi connectivity index (χ1n) is 11.7. The second-order valence-corrected chi connectivity index (χ2v) is 12.3. The molecule has 0 saturated carbocycles. The normalized spacial score (nSPS) is 15.4. The molecule has 4 aromatic rings. The van der Waals surface area contributed by atoms with Crippen molar-refractivity contribution in [3.8, 4) is 0 Å². The average Bonchev–Trinajstić information content (AvgIpc) is 2.92. The topological polar surface area (TPSA) is 113 Å². The zero-order valence-corrected chi connectivity index (χ0v) is 21.8. The Kier molecular flexibility index (Phi) is 6.95. The summed E-state index contributed by atoms with van der Waals surface area (Å²) in [7, 11) is -8.08. The second kappa shape index (κ2) is 10.1. The number of fused-ring (bicyclic) bond motifs is 1. The minimum Gasteiger partial charge on any atom is -0.351 e. The van der Waals surface area contributed by atoms with Crippen LogP contribution in [0, 0.1) is 0 Å². The Morgan fingerprint density at radius 1 is 0.769 bits per heavy atom. The van der Waals surface area contributed by atoms with Gasteiger partial charge in [0.1, 0.15) is 0 Å². The van der Waals surface area contributed by atoms with Gasteiger partial charge in [0.15, 0.2) is 11.6 Å². The van der Waals surface area contributed by atoms with Gasteiger partial charge in [-0.15, -0.1) is 0 Å². The van der Waals surface area contributed by atoms with Gasteiger partial charge in [0.2, 0.25) is 10.0 Å². The molecule has 1 aliphatic rings. The van der Waals surface area contributed by atoms with E-state index in [1.807, 2.05) is 18.2 Å². The van der Waals surface area contributed by atoms with Crippen LogP contribution >= 0.6 is 0 Å². The van der Waals surface area contributed by atoms with Crippen molar-refractivity contribution < 1.29 is 30.0 Å². The molecule has 14 heteroatoms. The van der Waals surface area contributed by atoms with Crippen LogP contribution in [0.4, 0.5) is 24.8 Å². The minimum absolute atomic E-state index is 0.118. The summed E-state index contributed by atoms with van der Waals surface area (Å²) in [5, 5.41) is 1.43. The number of sulfonamides is 2. The number of piperazine rings is 1. The molecule has 1 aliphatic heterocycles. The van der Waals surface area contributed by atoms with E-state index in [0.717, 1.165) is 17.5 Å². The molecule has 0 spiro atoms. The van der Waals surface area contributed by atoms with E-state index in [9.17, 15) is 30.0 Å². The van der Waals surface area contributed by atoms with E-state index in [2.05, 4.69) is 14.7 Å². The molecule has 1 aromatic heterocycles. The third-order valence-electron chi connectivity index (χ3n) is 6.31. The van der Waals surface area contributed by atoms with Crippen LogP contribution in [-0.4, -0.2) is 57.3 Å². The number of halogens is 3. The third-order valence-corrected chi connectivity index (χ3v) is 9.62. The van der Waals surface area contributed by atoms with E-state index in [1.165, 1.54) is 16.7 Å². The molecular weight excluding hydrogens is 555 g/mol. The molecule has 1 fully saturated rings. The highest BCUT2D eigenvalue weighted by molar-refractivity contribution is 7.92. The van der Waals surface area contributed by atoms with Gasteiger partial charge in [0.25, 0.3) is 10.0 Å². The van der Waals surface area contributed by atoms with Crippen molar-refractivity contribution in [1.29, 1.82) is 0 Å². The predicted molar refractivity (Wildman–Crippen MR) is 139 cm³/mol. The Morgan fingerprint density at radius 2 is 1.41 bits per heavy atom. The third kappa shape index (κ3) is 5.40. The Hall–Kier alpha value is -3.75. The molecule has 9 nitrogen and oxygen atoms in total. The summed E-state index contributed by atoms with van der Waals surface area (Å²) < 4.78 is 94.9. The first kappa shape index (κ1) is 26.8. The number of alkyl halides is 3. The molecule has 0 unspecified atom stereocenters. The van der Waals surface area contributed by atoms with Crippen molar-refractivity contribution in [3.05, 3.63) is 84.7 Å². The smallest absolute Gasteiger partial charge is 0.351 e. The van der Waals surface area contributed by atoms with Crippen LogP contribution in [0.5, 0.6) is 0 Å². The van der Waals surface area contributed by atoms with Crippen LogP contribution in [0.1, 0.15) is 5.56 Å². The standard InChI is InChI=1S/C25H22F3N5O4S2/c26-25(27,28)19-8-10-20(11-9-19)38(34,35)31-23-24(30-13-12-29-23)32-14-16-33(17-15-32)39(36,37)22-7-3-5-18-4-1-2-6-21(18)22/h1-13H,14-17H2,(H,29,31). The molecular formula is C25H22F3N5O4S2. The summed E-state index contributed by atoms with van der Waals surface area (Å²) in [6, 6.07) is 15.4. The number of nitrogens with one attached hydrogen (secondary N) is 1. The SMILES string of the molecule is O=S(=O)(Nc1nccnc1N1CCN(S(=O)(=O)c2cccc3ccccc23)CC1)c1ccc(C(F)(F)F)cc1. The summed E-state index contributed by atoms with van der Waals surface area (Å²) in [6.07, 6.45) is -1.96. The van der Waals surface area contributed by atoms with Crippen LogP contribution in [0.15, 0.2) is 88.9 Å². The lowest BCUT2D eigenvalue weighted by Gasteiger charge is -2.35. The number of benzene rings is 3. The minimum atomic E-state index is -4.60. The number of anilines is 2. The molecule has 1 saturated heterocycles. The molecule has 0 bridgehead atoms. The van der Waals surface area contributed by atoms with Crippen molar-refractivity contribution in [2.24, 2.45) is 0 Å². The average molecular weight is 578 g/mol. The molecule has 0 atom stereocenters. The molecule has 5 rings (SSSR count). The molecule has 1 N–H and O–H groups in total. The zero-order valence-electron chi connectivity index (χ0n) is 20.2. The predicted octanol–water partition coefficient (Wildman–Crippen LogP) is 3.96. The summed E-state index contributed by atoms with van der Waals surface area (Å²) >= 11 is 0. The number of aromatic nitrogens is 2. The zero-order chi connectivity index (χ0) is 27.8. The number of hydrogen-bond acceptors (Lipinski definition) is 7. The lowest BCUT2D eigenvalue weighted by atomic mass is 10.1. The van der Waals surface area contributed by atoms with E-state index in [-0.39, 0.29) is 47.6 Å². The Bertz CT molecular complexity index is 1720. The Balaban J connectivity index is 1.34. The lowest BCUT2D eigenvalue weighted by molar-refractivity contribution is -0.137. The first-order valence-corrected chi connectivity index (χ1v) is 14.6. The van der Waals surface area contributed by atoms with Gasteiger partial charge in [-0.3, -0.25) is 4.72 Å². The van der Waals surface area contributed by atoms with Crippen molar-refractivity contribution in [1.82, 2.24) is 14.3 Å². The molecule has 0 amide bonds. The van der Waals surface area contributed by atoms with Crippen LogP contribution in [0.2, 0.25) is 0 Å². The van der Waals surface area contributed by atoms with Crippen molar-refractivity contribution in [2.75, 3.05) is 35.8 Å². The molecule has 204 valence electrons. The highest BCUT2D eigenvalue weighted by Gasteiger charge is 2.32. The Morgan fingerprint density at radius 3 is 2.10 bits per heavy atom. The first-order chi connectivity index (χ1) is 18.5. The number of nitrogens with zero attached hydrogens (tertiary/aromatic N) is 4. The monoisotopic (exact) mass is 577 g/mol. The number of rotatable bonds is 6. The maximum Gasteiger partial charge on any atom is 0.416 e.